The Morgan fingerprint density at radius 3 is 2.82 bits per heavy atom. The van der Waals surface area contributed by atoms with Gasteiger partial charge >= 0.3 is 5.97 Å². The van der Waals surface area contributed by atoms with Crippen molar-refractivity contribution in [2.45, 2.75) is 57.7 Å². The van der Waals surface area contributed by atoms with Crippen LogP contribution in [-0.4, -0.2) is 44.0 Å². The van der Waals surface area contributed by atoms with Crippen molar-refractivity contribution in [3.05, 3.63) is 40.5 Å². The third-order valence-electron chi connectivity index (χ3n) is 5.44. The number of hydrogen-bond donors (Lipinski definition) is 1. The number of hydrogen-bond acceptors (Lipinski definition) is 8. The number of anilines is 1. The number of nitrogens with one attached hydrogen (secondary N) is 1. The number of ether oxygens (including phenoxy) is 1. The van der Waals surface area contributed by atoms with Crippen molar-refractivity contribution in [2.24, 2.45) is 0 Å². The molecule has 10 heteroatoms. The van der Waals surface area contributed by atoms with Gasteiger partial charge in [0.15, 0.2) is 11.0 Å². The SMILES string of the molecule is CCOC(=O)c1c(NC(=O)CSc2nnc(-c3cccnc3)n2CC)sc2c1CCCCC2. The van der Waals surface area contributed by atoms with Gasteiger partial charge in [-0.25, -0.2) is 4.79 Å². The van der Waals surface area contributed by atoms with Crippen LogP contribution in [0.15, 0.2) is 29.7 Å². The number of carbonyl (C=O) groups excluding carboxylic acids is 2. The maximum atomic E-state index is 12.8. The van der Waals surface area contributed by atoms with Crippen molar-refractivity contribution < 1.29 is 14.3 Å². The molecule has 0 spiro atoms. The Hall–Kier alpha value is -2.72. The average Bonchev–Trinajstić information content (AvgIpc) is 3.31. The van der Waals surface area contributed by atoms with Crippen LogP contribution in [0, 0.1) is 0 Å². The number of fused-ring (bicyclic) bond motifs is 1. The molecule has 0 saturated heterocycles. The van der Waals surface area contributed by atoms with Crippen molar-refractivity contribution in [1.29, 1.82) is 0 Å². The summed E-state index contributed by atoms with van der Waals surface area (Å²) in [6.45, 7) is 4.78. The molecule has 0 radical (unpaired) electrons. The first-order valence-corrected chi connectivity index (χ1v) is 13.0. The van der Waals surface area contributed by atoms with Crippen LogP contribution < -0.4 is 5.32 Å². The van der Waals surface area contributed by atoms with Gasteiger partial charge in [-0.1, -0.05) is 18.2 Å². The van der Waals surface area contributed by atoms with Gasteiger partial charge < -0.3 is 14.6 Å². The molecule has 1 aliphatic carbocycles. The van der Waals surface area contributed by atoms with Gasteiger partial charge in [0.1, 0.15) is 5.00 Å². The van der Waals surface area contributed by atoms with Crippen LogP contribution >= 0.6 is 23.1 Å². The van der Waals surface area contributed by atoms with Gasteiger partial charge in [-0.05, 0) is 57.2 Å². The van der Waals surface area contributed by atoms with Crippen molar-refractivity contribution in [3.8, 4) is 11.4 Å². The van der Waals surface area contributed by atoms with E-state index in [9.17, 15) is 9.59 Å². The Bertz CT molecular complexity index is 1130. The lowest BCUT2D eigenvalue weighted by Crippen LogP contribution is -2.17. The second-order valence-corrected chi connectivity index (χ2v) is 9.67. The van der Waals surface area contributed by atoms with E-state index >= 15 is 0 Å². The molecule has 0 unspecified atom stereocenters. The number of carbonyl (C=O) groups is 2. The summed E-state index contributed by atoms with van der Waals surface area (Å²) in [6.07, 6.45) is 8.55. The number of thioether (sulfide) groups is 1. The molecule has 0 aliphatic heterocycles. The fourth-order valence-electron chi connectivity index (χ4n) is 3.93. The number of amides is 1. The summed E-state index contributed by atoms with van der Waals surface area (Å²) in [5.41, 5.74) is 2.46. The molecule has 8 nitrogen and oxygen atoms in total. The molecule has 3 aromatic rings. The predicted molar refractivity (Wildman–Crippen MR) is 130 cm³/mol. The minimum absolute atomic E-state index is 0.163. The monoisotopic (exact) mass is 485 g/mol. The zero-order chi connectivity index (χ0) is 23.2. The van der Waals surface area contributed by atoms with Gasteiger partial charge in [0.05, 0.1) is 17.9 Å². The lowest BCUT2D eigenvalue weighted by molar-refractivity contribution is -0.113. The van der Waals surface area contributed by atoms with E-state index in [0.29, 0.717) is 28.9 Å². The summed E-state index contributed by atoms with van der Waals surface area (Å²) in [7, 11) is 0. The zero-order valence-corrected chi connectivity index (χ0v) is 20.4. The number of aryl methyl sites for hydroxylation is 1. The highest BCUT2D eigenvalue weighted by atomic mass is 32.2. The van der Waals surface area contributed by atoms with Crippen LogP contribution in [0.3, 0.4) is 0 Å². The second-order valence-electron chi connectivity index (χ2n) is 7.62. The van der Waals surface area contributed by atoms with Crippen molar-refractivity contribution in [1.82, 2.24) is 19.7 Å². The lowest BCUT2D eigenvalue weighted by Gasteiger charge is -2.09. The second kappa shape index (κ2) is 10.9. The number of aromatic nitrogens is 4. The highest BCUT2D eigenvalue weighted by Crippen LogP contribution is 2.38. The van der Waals surface area contributed by atoms with E-state index in [0.717, 1.165) is 49.1 Å². The van der Waals surface area contributed by atoms with Gasteiger partial charge in [-0.2, -0.15) is 0 Å². The number of thiophene rings is 1. The third-order valence-corrected chi connectivity index (χ3v) is 7.61. The van der Waals surface area contributed by atoms with E-state index in [1.807, 2.05) is 23.6 Å². The zero-order valence-electron chi connectivity index (χ0n) is 18.8. The number of nitrogens with zero attached hydrogens (tertiary/aromatic N) is 4. The highest BCUT2D eigenvalue weighted by molar-refractivity contribution is 7.99. The minimum Gasteiger partial charge on any atom is -0.462 e. The molecule has 3 aromatic heterocycles. The fourth-order valence-corrected chi connectivity index (χ4v) is 6.03. The highest BCUT2D eigenvalue weighted by Gasteiger charge is 2.26. The number of rotatable bonds is 8. The van der Waals surface area contributed by atoms with Crippen LogP contribution in [-0.2, 0) is 28.9 Å². The van der Waals surface area contributed by atoms with Gasteiger partial charge in [0.25, 0.3) is 0 Å². The smallest absolute Gasteiger partial charge is 0.341 e. The molecular formula is C23H27N5O3S2. The first-order valence-electron chi connectivity index (χ1n) is 11.2. The van der Waals surface area contributed by atoms with E-state index in [-0.39, 0.29) is 17.6 Å². The maximum Gasteiger partial charge on any atom is 0.341 e. The Balaban J connectivity index is 1.49. The molecule has 0 atom stereocenters. The summed E-state index contributed by atoms with van der Waals surface area (Å²) < 4.78 is 7.27. The molecule has 0 saturated carbocycles. The first-order chi connectivity index (χ1) is 16.1. The van der Waals surface area contributed by atoms with Crippen LogP contribution in [0.5, 0.6) is 0 Å². The molecular weight excluding hydrogens is 458 g/mol. The molecule has 1 N–H and O–H groups in total. The Morgan fingerprint density at radius 1 is 1.21 bits per heavy atom. The van der Waals surface area contributed by atoms with Crippen molar-refractivity contribution in [2.75, 3.05) is 17.7 Å². The molecule has 0 fully saturated rings. The van der Waals surface area contributed by atoms with Crippen LogP contribution in [0.25, 0.3) is 11.4 Å². The standard InChI is InChI=1S/C23H27N5O3S2/c1-3-28-20(15-9-8-12-24-13-15)26-27-23(28)32-14-18(29)25-21-19(22(30)31-4-2)16-10-6-5-7-11-17(16)33-21/h8-9,12-13H,3-7,10-11,14H2,1-2H3,(H,25,29). The van der Waals surface area contributed by atoms with Crippen LogP contribution in [0.1, 0.15) is 53.9 Å². The number of pyridine rings is 1. The topological polar surface area (TPSA) is 99.0 Å². The fraction of sp³-hybridized carbons (Fsp3) is 0.435. The summed E-state index contributed by atoms with van der Waals surface area (Å²) in [5.74, 6) is 0.345. The first kappa shape index (κ1) is 23.4. The summed E-state index contributed by atoms with van der Waals surface area (Å²) in [6, 6.07) is 3.79. The molecule has 4 rings (SSSR count). The van der Waals surface area contributed by atoms with E-state index < -0.39 is 0 Å². The molecule has 1 aliphatic rings. The van der Waals surface area contributed by atoms with Gasteiger partial charge in [0.2, 0.25) is 5.91 Å². The Labute approximate surface area is 201 Å². The van der Waals surface area contributed by atoms with Gasteiger partial charge in [-0.3, -0.25) is 9.78 Å². The quantitative estimate of drug-likeness (QED) is 0.283. The van der Waals surface area contributed by atoms with Crippen LogP contribution in [0.2, 0.25) is 0 Å². The molecule has 33 heavy (non-hydrogen) atoms. The Kier molecular flexibility index (Phi) is 7.77. The summed E-state index contributed by atoms with van der Waals surface area (Å²) in [5, 5.41) is 12.8. The minimum atomic E-state index is -0.355. The van der Waals surface area contributed by atoms with Crippen molar-refractivity contribution in [3.63, 3.8) is 0 Å². The van der Waals surface area contributed by atoms with Gasteiger partial charge in [-0.15, -0.1) is 21.5 Å². The molecule has 174 valence electrons. The molecule has 1 amide bonds. The molecule has 3 heterocycles. The maximum absolute atomic E-state index is 12.8. The van der Waals surface area contributed by atoms with E-state index in [1.165, 1.54) is 28.0 Å². The lowest BCUT2D eigenvalue weighted by atomic mass is 10.1. The summed E-state index contributed by atoms with van der Waals surface area (Å²) in [4.78, 5) is 30.9. The van der Waals surface area contributed by atoms with Crippen molar-refractivity contribution >= 4 is 40.0 Å². The molecule has 0 bridgehead atoms. The number of esters is 1. The molecule has 0 aromatic carbocycles. The predicted octanol–water partition coefficient (Wildman–Crippen LogP) is 4.60. The normalized spacial score (nSPS) is 13.3. The summed E-state index contributed by atoms with van der Waals surface area (Å²) >= 11 is 2.83. The third kappa shape index (κ3) is 5.27. The average molecular weight is 486 g/mol. The van der Waals surface area contributed by atoms with E-state index in [4.69, 9.17) is 4.74 Å². The van der Waals surface area contributed by atoms with E-state index in [1.54, 1.807) is 19.3 Å². The Morgan fingerprint density at radius 2 is 2.06 bits per heavy atom. The van der Waals surface area contributed by atoms with E-state index in [2.05, 4.69) is 20.5 Å². The van der Waals surface area contributed by atoms with Crippen LogP contribution in [0.4, 0.5) is 5.00 Å². The van der Waals surface area contributed by atoms with Gasteiger partial charge in [0, 0.05) is 29.4 Å². The largest absolute Gasteiger partial charge is 0.462 e.